The molecule has 31 heavy (non-hydrogen) atoms. The van der Waals surface area contributed by atoms with E-state index in [4.69, 9.17) is 0 Å². The van der Waals surface area contributed by atoms with Crippen LogP contribution in [-0.2, 0) is 6.18 Å². The maximum absolute atomic E-state index is 13.6. The Kier molecular flexibility index (Phi) is 8.14. The molecule has 1 amide bonds. The zero-order chi connectivity index (χ0) is 23.4. The van der Waals surface area contributed by atoms with E-state index < -0.39 is 23.5 Å². The molecular formula is C23H33F4N3O. The first-order chi connectivity index (χ1) is 14.3. The van der Waals surface area contributed by atoms with Gasteiger partial charge in [-0.1, -0.05) is 27.4 Å². The molecule has 1 N–H and O–H groups in total. The van der Waals surface area contributed by atoms with Gasteiger partial charge in [0, 0.05) is 43.4 Å². The third-order valence-electron chi connectivity index (χ3n) is 5.73. The van der Waals surface area contributed by atoms with E-state index in [1.54, 1.807) is 7.05 Å². The maximum Gasteiger partial charge on any atom is 0.416 e. The van der Waals surface area contributed by atoms with Gasteiger partial charge in [-0.3, -0.25) is 4.79 Å². The molecule has 1 aromatic rings. The van der Waals surface area contributed by atoms with Crippen molar-refractivity contribution in [3.05, 3.63) is 47.4 Å². The van der Waals surface area contributed by atoms with Crippen LogP contribution in [0.3, 0.4) is 0 Å². The summed E-state index contributed by atoms with van der Waals surface area (Å²) in [6.07, 6.45) is -2.90. The van der Waals surface area contributed by atoms with Gasteiger partial charge in [0.2, 0.25) is 0 Å². The molecule has 0 aliphatic carbocycles. The molecule has 0 aromatic heterocycles. The van der Waals surface area contributed by atoms with E-state index >= 15 is 0 Å². The fourth-order valence-electron chi connectivity index (χ4n) is 3.59. The Morgan fingerprint density at radius 2 is 1.81 bits per heavy atom. The predicted octanol–water partition coefficient (Wildman–Crippen LogP) is 4.78. The second-order valence-electron chi connectivity index (χ2n) is 9.35. The van der Waals surface area contributed by atoms with E-state index in [2.05, 4.69) is 37.6 Å². The van der Waals surface area contributed by atoms with Crippen molar-refractivity contribution in [2.45, 2.75) is 39.8 Å². The topological polar surface area (TPSA) is 35.6 Å². The predicted molar refractivity (Wildman–Crippen MR) is 114 cm³/mol. The van der Waals surface area contributed by atoms with Gasteiger partial charge in [-0.25, -0.2) is 4.39 Å². The Morgan fingerprint density at radius 3 is 2.35 bits per heavy atom. The Hall–Kier alpha value is -2.09. The van der Waals surface area contributed by atoms with Crippen molar-refractivity contribution in [1.29, 1.82) is 0 Å². The maximum atomic E-state index is 13.6. The van der Waals surface area contributed by atoms with Crippen molar-refractivity contribution in [2.24, 2.45) is 11.3 Å². The normalized spacial score (nSPS) is 16.3. The number of hydrogen-bond acceptors (Lipinski definition) is 3. The molecule has 0 radical (unpaired) electrons. The quantitative estimate of drug-likeness (QED) is 0.617. The number of rotatable bonds is 7. The number of hydrogen-bond donors (Lipinski definition) is 1. The standard InChI is InChI=1S/C23H33F4N3O/c1-16(22(2,3)4)28-8-11-30-9-6-17(7-10-30)15-29(5)21(31)18-12-19(23(25,26)27)14-20(24)13-18/h12-14,17,28H,1,6-11,15H2,2-5H3. The lowest BCUT2D eigenvalue weighted by Gasteiger charge is -2.34. The molecule has 1 fully saturated rings. The summed E-state index contributed by atoms with van der Waals surface area (Å²) in [5.74, 6) is -1.40. The molecule has 1 saturated heterocycles. The first-order valence-electron chi connectivity index (χ1n) is 10.6. The van der Waals surface area contributed by atoms with Gasteiger partial charge in [0.25, 0.3) is 5.91 Å². The van der Waals surface area contributed by atoms with Gasteiger partial charge in [-0.2, -0.15) is 13.2 Å². The van der Waals surface area contributed by atoms with Crippen molar-refractivity contribution in [3.63, 3.8) is 0 Å². The number of carbonyl (C=O) groups excluding carboxylic acids is 1. The fraction of sp³-hybridized carbons (Fsp3) is 0.609. The van der Waals surface area contributed by atoms with E-state index in [9.17, 15) is 22.4 Å². The minimum atomic E-state index is -4.70. The van der Waals surface area contributed by atoms with E-state index in [1.165, 1.54) is 4.90 Å². The van der Waals surface area contributed by atoms with Crippen molar-refractivity contribution in [3.8, 4) is 0 Å². The van der Waals surface area contributed by atoms with E-state index in [0.717, 1.165) is 50.8 Å². The molecule has 1 aliphatic rings. The van der Waals surface area contributed by atoms with Crippen LogP contribution in [0.25, 0.3) is 0 Å². The smallest absolute Gasteiger partial charge is 0.387 e. The van der Waals surface area contributed by atoms with Crippen LogP contribution in [0.5, 0.6) is 0 Å². The zero-order valence-corrected chi connectivity index (χ0v) is 18.8. The Balaban J connectivity index is 1.83. The summed E-state index contributed by atoms with van der Waals surface area (Å²) in [7, 11) is 1.55. The molecule has 8 heteroatoms. The molecule has 2 rings (SSSR count). The second-order valence-corrected chi connectivity index (χ2v) is 9.35. The van der Waals surface area contributed by atoms with Crippen molar-refractivity contribution in [2.75, 3.05) is 39.8 Å². The molecule has 1 aromatic carbocycles. The van der Waals surface area contributed by atoms with Crippen LogP contribution in [0.2, 0.25) is 0 Å². The van der Waals surface area contributed by atoms with Crippen LogP contribution >= 0.6 is 0 Å². The number of nitrogens with one attached hydrogen (secondary N) is 1. The number of amides is 1. The lowest BCUT2D eigenvalue weighted by molar-refractivity contribution is -0.137. The van der Waals surface area contributed by atoms with Gasteiger partial charge in [0.15, 0.2) is 0 Å². The first-order valence-corrected chi connectivity index (χ1v) is 10.6. The highest BCUT2D eigenvalue weighted by Crippen LogP contribution is 2.31. The van der Waals surface area contributed by atoms with Crippen LogP contribution in [-0.4, -0.2) is 55.5 Å². The minimum Gasteiger partial charge on any atom is -0.387 e. The molecule has 0 atom stereocenters. The lowest BCUT2D eigenvalue weighted by Crippen LogP contribution is -2.42. The SMILES string of the molecule is C=C(NCCN1CCC(CN(C)C(=O)c2cc(F)cc(C(F)(F)F)c2)CC1)C(C)(C)C. The number of nitrogens with zero attached hydrogens (tertiary/aromatic N) is 2. The molecule has 0 bridgehead atoms. The molecule has 0 saturated carbocycles. The summed E-state index contributed by atoms with van der Waals surface area (Å²) in [5, 5.41) is 3.37. The molecule has 1 heterocycles. The largest absolute Gasteiger partial charge is 0.416 e. The van der Waals surface area contributed by atoms with E-state index in [1.807, 2.05) is 0 Å². The minimum absolute atomic E-state index is 0.0205. The van der Waals surface area contributed by atoms with Crippen molar-refractivity contribution >= 4 is 5.91 Å². The number of allylic oxidation sites excluding steroid dienone is 1. The van der Waals surface area contributed by atoms with Crippen molar-refractivity contribution < 1.29 is 22.4 Å². The van der Waals surface area contributed by atoms with Crippen LogP contribution in [0, 0.1) is 17.2 Å². The van der Waals surface area contributed by atoms with Gasteiger partial charge in [-0.15, -0.1) is 0 Å². The van der Waals surface area contributed by atoms with Crippen LogP contribution in [0.1, 0.15) is 49.5 Å². The number of alkyl halides is 3. The summed E-state index contributed by atoms with van der Waals surface area (Å²) in [5.41, 5.74) is -0.404. The first kappa shape index (κ1) is 25.2. The summed E-state index contributed by atoms with van der Waals surface area (Å²) in [6.45, 7) is 14.3. The Morgan fingerprint density at radius 1 is 1.19 bits per heavy atom. The van der Waals surface area contributed by atoms with Crippen LogP contribution in [0.4, 0.5) is 17.6 Å². The Bertz CT molecular complexity index is 778. The monoisotopic (exact) mass is 443 g/mol. The average Bonchev–Trinajstić information content (AvgIpc) is 2.66. The summed E-state index contributed by atoms with van der Waals surface area (Å²) in [4.78, 5) is 16.3. The molecule has 174 valence electrons. The van der Waals surface area contributed by atoms with Gasteiger partial charge in [0.05, 0.1) is 5.56 Å². The second kappa shape index (κ2) is 10.0. The molecule has 1 aliphatic heterocycles. The third-order valence-corrected chi connectivity index (χ3v) is 5.73. The van der Waals surface area contributed by atoms with Gasteiger partial charge in [-0.05, 0) is 50.0 Å². The summed E-state index contributed by atoms with van der Waals surface area (Å²) < 4.78 is 52.3. The lowest BCUT2D eigenvalue weighted by atomic mass is 9.93. The highest BCUT2D eigenvalue weighted by molar-refractivity contribution is 5.94. The number of likely N-dealkylation sites (tertiary alicyclic amines) is 1. The number of benzene rings is 1. The van der Waals surface area contributed by atoms with Gasteiger partial charge < -0.3 is 15.1 Å². The summed E-state index contributed by atoms with van der Waals surface area (Å²) in [6, 6.07) is 1.97. The number of piperidine rings is 1. The average molecular weight is 444 g/mol. The van der Waals surface area contributed by atoms with Gasteiger partial charge >= 0.3 is 6.18 Å². The molecular weight excluding hydrogens is 410 g/mol. The summed E-state index contributed by atoms with van der Waals surface area (Å²) >= 11 is 0. The van der Waals surface area contributed by atoms with Crippen molar-refractivity contribution in [1.82, 2.24) is 15.1 Å². The zero-order valence-electron chi connectivity index (χ0n) is 18.8. The molecule has 0 spiro atoms. The highest BCUT2D eigenvalue weighted by atomic mass is 19.4. The molecule has 0 unspecified atom stereocenters. The van der Waals surface area contributed by atoms with E-state index in [-0.39, 0.29) is 16.9 Å². The molecule has 4 nitrogen and oxygen atoms in total. The van der Waals surface area contributed by atoms with Crippen LogP contribution in [0.15, 0.2) is 30.5 Å². The fourth-order valence-corrected chi connectivity index (χ4v) is 3.59. The van der Waals surface area contributed by atoms with E-state index in [0.29, 0.717) is 18.7 Å². The third kappa shape index (κ3) is 7.52. The number of carbonyl (C=O) groups is 1. The van der Waals surface area contributed by atoms with Crippen LogP contribution < -0.4 is 5.32 Å². The Labute approximate surface area is 182 Å². The highest BCUT2D eigenvalue weighted by Gasteiger charge is 2.32. The van der Waals surface area contributed by atoms with Gasteiger partial charge in [0.1, 0.15) is 5.82 Å². The number of halogens is 4.